The van der Waals surface area contributed by atoms with E-state index < -0.39 is 51.1 Å². The van der Waals surface area contributed by atoms with Gasteiger partial charge in [-0.25, -0.2) is 22.9 Å². The molecule has 0 aliphatic heterocycles. The summed E-state index contributed by atoms with van der Waals surface area (Å²) in [5.41, 5.74) is 4.68. The molecule has 0 atom stereocenters. The van der Waals surface area contributed by atoms with Gasteiger partial charge in [-0.3, -0.25) is 14.2 Å². The van der Waals surface area contributed by atoms with E-state index in [-0.39, 0.29) is 36.5 Å². The van der Waals surface area contributed by atoms with E-state index in [1.165, 1.54) is 6.92 Å². The third kappa shape index (κ3) is 3.60. The van der Waals surface area contributed by atoms with Gasteiger partial charge in [0, 0.05) is 17.2 Å². The van der Waals surface area contributed by atoms with Gasteiger partial charge in [0.1, 0.15) is 28.7 Å². The van der Waals surface area contributed by atoms with Crippen LogP contribution in [-0.4, -0.2) is 28.0 Å². The van der Waals surface area contributed by atoms with E-state index in [4.69, 9.17) is 10.3 Å². The summed E-state index contributed by atoms with van der Waals surface area (Å²) in [6.45, 7) is 1.46. The number of pyridine rings is 2. The zero-order valence-electron chi connectivity index (χ0n) is 17.0. The average molecular weight is 457 g/mol. The number of benzene rings is 1. The number of azide groups is 1. The molecule has 1 aromatic carbocycles. The number of hydrogen-bond acceptors (Lipinski definition) is 5. The van der Waals surface area contributed by atoms with Gasteiger partial charge in [-0.15, -0.1) is 0 Å². The topological polar surface area (TPSA) is 127 Å². The van der Waals surface area contributed by atoms with Crippen molar-refractivity contribution in [2.75, 3.05) is 6.61 Å². The van der Waals surface area contributed by atoms with E-state index in [1.54, 1.807) is 0 Å². The van der Waals surface area contributed by atoms with E-state index in [2.05, 4.69) is 15.0 Å². The minimum atomic E-state index is -1.51. The predicted molar refractivity (Wildman–Crippen MR) is 108 cm³/mol. The van der Waals surface area contributed by atoms with Gasteiger partial charge in [-0.1, -0.05) is 0 Å². The number of fused-ring (bicyclic) bond motifs is 1. The van der Waals surface area contributed by atoms with Crippen molar-refractivity contribution in [1.82, 2.24) is 9.55 Å². The zero-order chi connectivity index (χ0) is 23.9. The zero-order valence-corrected chi connectivity index (χ0v) is 17.0. The average Bonchev–Trinajstić information content (AvgIpc) is 3.57. The van der Waals surface area contributed by atoms with Crippen LogP contribution < -0.4 is 5.43 Å². The van der Waals surface area contributed by atoms with Gasteiger partial charge in [-0.05, 0) is 48.6 Å². The Balaban J connectivity index is 2.07. The highest BCUT2D eigenvalue weighted by Gasteiger charge is 2.53. The van der Waals surface area contributed by atoms with Crippen molar-refractivity contribution >= 4 is 22.9 Å². The molecule has 2 aromatic heterocycles. The van der Waals surface area contributed by atoms with Crippen molar-refractivity contribution in [1.29, 1.82) is 0 Å². The maximum Gasteiger partial charge on any atom is 0.343 e. The van der Waals surface area contributed by atoms with Gasteiger partial charge in [0.05, 0.1) is 28.8 Å². The minimum absolute atomic E-state index is 0.0587. The van der Waals surface area contributed by atoms with Crippen LogP contribution in [0, 0.1) is 17.5 Å². The van der Waals surface area contributed by atoms with Crippen LogP contribution in [0.3, 0.4) is 0 Å². The second-order valence-electron chi connectivity index (χ2n) is 7.32. The van der Waals surface area contributed by atoms with Crippen molar-refractivity contribution in [3.05, 3.63) is 79.8 Å². The molecule has 0 bridgehead atoms. The normalized spacial score (nSPS) is 13.9. The highest BCUT2D eigenvalue weighted by Crippen LogP contribution is 2.49. The fourth-order valence-corrected chi connectivity index (χ4v) is 3.59. The molecule has 4 rings (SSSR count). The van der Waals surface area contributed by atoms with Crippen LogP contribution in [0.1, 0.15) is 35.8 Å². The van der Waals surface area contributed by atoms with Crippen LogP contribution in [0.5, 0.6) is 0 Å². The number of ether oxygens (including phenoxy) is 1. The van der Waals surface area contributed by atoms with E-state index in [0.717, 1.165) is 29.0 Å². The number of nitrogens with zero attached hydrogens (tertiary/aromatic N) is 5. The summed E-state index contributed by atoms with van der Waals surface area (Å²) in [5.74, 6) is -4.92. The van der Waals surface area contributed by atoms with Crippen LogP contribution in [0.25, 0.3) is 27.2 Å². The Morgan fingerprint density at radius 1 is 1.24 bits per heavy atom. The lowest BCUT2D eigenvalue weighted by Crippen LogP contribution is -2.25. The molecule has 0 saturated heterocycles. The smallest absolute Gasteiger partial charge is 0.343 e. The second-order valence-corrected chi connectivity index (χ2v) is 7.32. The molecule has 1 aliphatic rings. The molecule has 0 radical (unpaired) electrons. The second kappa shape index (κ2) is 8.06. The molecule has 2 heterocycles. The number of rotatable bonds is 5. The first-order valence-electron chi connectivity index (χ1n) is 9.72. The molecule has 0 unspecified atom stereocenters. The maximum atomic E-state index is 15.0. The summed E-state index contributed by atoms with van der Waals surface area (Å²) >= 11 is 0. The Hall–Kier alpha value is -4.18. The molecule has 1 saturated carbocycles. The predicted octanol–water partition coefficient (Wildman–Crippen LogP) is 3.85. The maximum absolute atomic E-state index is 15.0. The monoisotopic (exact) mass is 457 g/mol. The van der Waals surface area contributed by atoms with Crippen LogP contribution in [0.2, 0.25) is 0 Å². The summed E-state index contributed by atoms with van der Waals surface area (Å²) < 4.78 is 49.0. The summed E-state index contributed by atoms with van der Waals surface area (Å²) in [6.07, 6.45) is 1.26. The lowest BCUT2D eigenvalue weighted by atomic mass is 9.99. The molecule has 1 fully saturated rings. The first kappa shape index (κ1) is 22.0. The lowest BCUT2D eigenvalue weighted by Gasteiger charge is -2.17. The van der Waals surface area contributed by atoms with E-state index in [1.807, 2.05) is 0 Å². The highest BCUT2D eigenvalue weighted by molar-refractivity contribution is 5.95. The van der Waals surface area contributed by atoms with Gasteiger partial charge in [-0.2, -0.15) is 0 Å². The third-order valence-electron chi connectivity index (χ3n) is 5.34. The minimum Gasteiger partial charge on any atom is -0.462 e. The molecular formula is C21H14F3N5O4. The molecule has 1 amide bonds. The molecule has 0 spiro atoms. The standard InChI is InChI=1S/C21H14F3N5O4/c1-2-33-19(31)12-9-29(15-4-3-10(22)7-13(15)23)18-11(16(12)30)8-14(24)17(26-18)21(5-6-21)20(32)27-28-25/h3-4,7-9H,2,5-6H2,1H3. The summed E-state index contributed by atoms with van der Waals surface area (Å²) in [7, 11) is 0. The van der Waals surface area contributed by atoms with Crippen molar-refractivity contribution in [3.63, 3.8) is 0 Å². The van der Waals surface area contributed by atoms with E-state index in [0.29, 0.717) is 6.07 Å². The van der Waals surface area contributed by atoms with Gasteiger partial charge < -0.3 is 4.74 Å². The van der Waals surface area contributed by atoms with Crippen LogP contribution in [-0.2, 0) is 14.9 Å². The van der Waals surface area contributed by atoms with Crippen molar-refractivity contribution in [2.24, 2.45) is 5.11 Å². The SMILES string of the molecule is CCOC(=O)c1cn(-c2ccc(F)cc2F)c2nc(C3(C(=O)N=[N+]=[N-])CC3)c(F)cc2c1=O. The molecule has 1 aliphatic carbocycles. The van der Waals surface area contributed by atoms with E-state index >= 15 is 4.39 Å². The Kier molecular flexibility index (Phi) is 5.38. The number of amides is 1. The van der Waals surface area contributed by atoms with Crippen molar-refractivity contribution in [2.45, 2.75) is 25.2 Å². The third-order valence-corrected chi connectivity index (χ3v) is 5.34. The number of hydrogen-bond donors (Lipinski definition) is 0. The Morgan fingerprint density at radius 3 is 2.58 bits per heavy atom. The number of carbonyl (C=O) groups excluding carboxylic acids is 2. The van der Waals surface area contributed by atoms with Gasteiger partial charge in [0.15, 0.2) is 0 Å². The summed E-state index contributed by atoms with van der Waals surface area (Å²) in [5, 5.41) is 2.65. The molecule has 9 nitrogen and oxygen atoms in total. The quantitative estimate of drug-likeness (QED) is 0.249. The van der Waals surface area contributed by atoms with Crippen molar-refractivity contribution in [3.8, 4) is 5.69 Å². The number of esters is 1. The first-order chi connectivity index (χ1) is 15.7. The largest absolute Gasteiger partial charge is 0.462 e. The summed E-state index contributed by atoms with van der Waals surface area (Å²) in [4.78, 5) is 44.1. The van der Waals surface area contributed by atoms with Crippen LogP contribution in [0.15, 0.2) is 40.4 Å². The highest BCUT2D eigenvalue weighted by atomic mass is 19.1. The van der Waals surface area contributed by atoms with E-state index in [9.17, 15) is 23.2 Å². The Morgan fingerprint density at radius 2 is 1.97 bits per heavy atom. The molecule has 3 aromatic rings. The fraction of sp³-hybridized carbons (Fsp3) is 0.238. The molecule has 0 N–H and O–H groups in total. The Labute approximate surface area is 183 Å². The number of halogens is 3. The lowest BCUT2D eigenvalue weighted by molar-refractivity contribution is -0.120. The number of aromatic nitrogens is 2. The Bertz CT molecular complexity index is 1440. The van der Waals surface area contributed by atoms with Gasteiger partial charge in [0.2, 0.25) is 11.3 Å². The summed E-state index contributed by atoms with van der Waals surface area (Å²) in [6, 6.07) is 3.36. The first-order valence-corrected chi connectivity index (χ1v) is 9.72. The van der Waals surface area contributed by atoms with Crippen LogP contribution in [0.4, 0.5) is 13.2 Å². The molecule has 33 heavy (non-hydrogen) atoms. The van der Waals surface area contributed by atoms with Gasteiger partial charge >= 0.3 is 5.97 Å². The fourth-order valence-electron chi connectivity index (χ4n) is 3.59. The van der Waals surface area contributed by atoms with Gasteiger partial charge in [0.25, 0.3) is 0 Å². The number of carbonyl (C=O) groups is 2. The molecule has 168 valence electrons. The van der Waals surface area contributed by atoms with Crippen LogP contribution >= 0.6 is 0 Å². The molecule has 12 heteroatoms. The molecular weight excluding hydrogens is 443 g/mol. The van der Waals surface area contributed by atoms with Crippen molar-refractivity contribution < 1.29 is 27.5 Å².